The van der Waals surface area contributed by atoms with Crippen molar-refractivity contribution in [3.8, 4) is 0 Å². The highest BCUT2D eigenvalue weighted by molar-refractivity contribution is 7.93. The van der Waals surface area contributed by atoms with Crippen LogP contribution in [-0.4, -0.2) is 26.5 Å². The van der Waals surface area contributed by atoms with Crippen molar-refractivity contribution in [2.45, 2.75) is 43.8 Å². The van der Waals surface area contributed by atoms with Crippen LogP contribution in [0.1, 0.15) is 48.0 Å². The van der Waals surface area contributed by atoms with Crippen molar-refractivity contribution in [1.29, 1.82) is 0 Å². The van der Waals surface area contributed by atoms with Gasteiger partial charge in [-0.25, -0.2) is 8.42 Å². The van der Waals surface area contributed by atoms with Crippen molar-refractivity contribution in [2.75, 3.05) is 10.8 Å². The maximum Gasteiger partial charge on any atom is 0.238 e. The molecule has 1 saturated carbocycles. The Labute approximate surface area is 119 Å². The summed E-state index contributed by atoms with van der Waals surface area (Å²) in [5, 5.41) is -0.248. The van der Waals surface area contributed by atoms with E-state index in [9.17, 15) is 13.2 Å². The van der Waals surface area contributed by atoms with Crippen LogP contribution in [0.25, 0.3) is 0 Å². The molecule has 20 heavy (non-hydrogen) atoms. The number of aldehydes is 1. The van der Waals surface area contributed by atoms with Crippen LogP contribution in [0.4, 0.5) is 5.69 Å². The number of fused-ring (bicyclic) bond motifs is 1. The predicted molar refractivity (Wildman–Crippen MR) is 78.7 cm³/mol. The van der Waals surface area contributed by atoms with E-state index in [4.69, 9.17) is 0 Å². The zero-order chi connectivity index (χ0) is 14.2. The quantitative estimate of drug-likeness (QED) is 0.805. The second-order valence-electron chi connectivity index (χ2n) is 5.63. The molecule has 0 radical (unpaired) electrons. The van der Waals surface area contributed by atoms with Gasteiger partial charge in [0.05, 0.1) is 10.9 Å². The minimum atomic E-state index is -3.28. The number of anilines is 1. The Kier molecular flexibility index (Phi) is 3.54. The molecule has 1 fully saturated rings. The first-order valence-corrected chi connectivity index (χ1v) is 8.73. The monoisotopic (exact) mass is 293 g/mol. The van der Waals surface area contributed by atoms with Crippen molar-refractivity contribution in [1.82, 2.24) is 0 Å². The van der Waals surface area contributed by atoms with Gasteiger partial charge in [0.15, 0.2) is 0 Å². The number of hydrogen-bond donors (Lipinski definition) is 0. The number of hydrogen-bond acceptors (Lipinski definition) is 3. The Hall–Kier alpha value is -1.36. The standard InChI is InChI=1S/C15H19NO3S/c17-11-12-6-7-13-8-9-16(15(13)10-12)20(18,19)14-4-2-1-3-5-14/h6-7,10-11,14H,1-5,8-9H2. The second-order valence-corrected chi connectivity index (χ2v) is 7.77. The van der Waals surface area contributed by atoms with Gasteiger partial charge in [-0.05, 0) is 30.9 Å². The molecule has 0 saturated heterocycles. The van der Waals surface area contributed by atoms with Crippen molar-refractivity contribution in [3.63, 3.8) is 0 Å². The molecule has 0 amide bonds. The normalized spacial score (nSPS) is 19.9. The van der Waals surface area contributed by atoms with Gasteiger partial charge in [0.2, 0.25) is 10.0 Å². The van der Waals surface area contributed by atoms with Crippen LogP contribution < -0.4 is 4.31 Å². The molecule has 0 unspecified atom stereocenters. The minimum Gasteiger partial charge on any atom is -0.298 e. The molecule has 0 aromatic heterocycles. The van der Waals surface area contributed by atoms with Gasteiger partial charge in [0.1, 0.15) is 6.29 Å². The fraction of sp³-hybridized carbons (Fsp3) is 0.533. The molecule has 0 spiro atoms. The van der Waals surface area contributed by atoms with Gasteiger partial charge in [0.25, 0.3) is 0 Å². The van der Waals surface area contributed by atoms with Gasteiger partial charge in [-0.2, -0.15) is 0 Å². The third-order valence-electron chi connectivity index (χ3n) is 4.38. The van der Waals surface area contributed by atoms with Crippen LogP contribution in [0.2, 0.25) is 0 Å². The first-order valence-electron chi connectivity index (χ1n) is 7.22. The van der Waals surface area contributed by atoms with E-state index in [-0.39, 0.29) is 5.25 Å². The van der Waals surface area contributed by atoms with E-state index in [1.807, 2.05) is 6.07 Å². The summed E-state index contributed by atoms with van der Waals surface area (Å²) in [7, 11) is -3.28. The molecule has 0 bridgehead atoms. The number of nitrogens with zero attached hydrogens (tertiary/aromatic N) is 1. The average Bonchev–Trinajstić information content (AvgIpc) is 2.91. The van der Waals surface area contributed by atoms with E-state index >= 15 is 0 Å². The smallest absolute Gasteiger partial charge is 0.238 e. The summed E-state index contributed by atoms with van der Waals surface area (Å²) in [6, 6.07) is 5.33. The SMILES string of the molecule is O=Cc1ccc2c(c1)N(S(=O)(=O)C1CCCCC1)CC2. The lowest BCUT2D eigenvalue weighted by Gasteiger charge is -2.28. The minimum absolute atomic E-state index is 0.248. The summed E-state index contributed by atoms with van der Waals surface area (Å²) in [6.45, 7) is 0.510. The molecule has 1 aromatic carbocycles. The molecule has 2 aliphatic rings. The van der Waals surface area contributed by atoms with Crippen LogP contribution in [0.3, 0.4) is 0 Å². The lowest BCUT2D eigenvalue weighted by molar-refractivity contribution is 0.112. The Morgan fingerprint density at radius 2 is 1.90 bits per heavy atom. The summed E-state index contributed by atoms with van der Waals surface area (Å²) >= 11 is 0. The molecule has 1 heterocycles. The number of sulfonamides is 1. The Morgan fingerprint density at radius 1 is 1.15 bits per heavy atom. The molecule has 0 N–H and O–H groups in total. The van der Waals surface area contributed by atoms with E-state index in [0.717, 1.165) is 50.4 Å². The van der Waals surface area contributed by atoms with Crippen LogP contribution in [0.15, 0.2) is 18.2 Å². The summed E-state index contributed by atoms with van der Waals surface area (Å²) in [5.41, 5.74) is 2.27. The van der Waals surface area contributed by atoms with Crippen molar-refractivity contribution < 1.29 is 13.2 Å². The molecule has 1 aliphatic heterocycles. The Morgan fingerprint density at radius 3 is 2.60 bits per heavy atom. The molecule has 1 aromatic rings. The van der Waals surface area contributed by atoms with E-state index < -0.39 is 10.0 Å². The van der Waals surface area contributed by atoms with Gasteiger partial charge >= 0.3 is 0 Å². The first kappa shape index (κ1) is 13.6. The van der Waals surface area contributed by atoms with E-state index in [1.165, 1.54) is 4.31 Å². The van der Waals surface area contributed by atoms with E-state index in [2.05, 4.69) is 0 Å². The number of carbonyl (C=O) groups excluding carboxylic acids is 1. The van der Waals surface area contributed by atoms with Crippen LogP contribution in [0, 0.1) is 0 Å². The fourth-order valence-electron chi connectivity index (χ4n) is 3.25. The highest BCUT2D eigenvalue weighted by Gasteiger charge is 2.36. The molecular formula is C15H19NO3S. The molecule has 5 heteroatoms. The maximum atomic E-state index is 12.8. The van der Waals surface area contributed by atoms with Gasteiger partial charge in [-0.1, -0.05) is 31.4 Å². The number of carbonyl (C=O) groups is 1. The second kappa shape index (κ2) is 5.20. The van der Waals surface area contributed by atoms with Crippen molar-refractivity contribution in [2.24, 2.45) is 0 Å². The van der Waals surface area contributed by atoms with Gasteiger partial charge in [-0.15, -0.1) is 0 Å². The molecule has 1 aliphatic carbocycles. The largest absolute Gasteiger partial charge is 0.298 e. The third kappa shape index (κ3) is 2.24. The van der Waals surface area contributed by atoms with Gasteiger partial charge < -0.3 is 0 Å². The molecule has 3 rings (SSSR count). The first-order chi connectivity index (χ1) is 9.63. The van der Waals surface area contributed by atoms with E-state index in [0.29, 0.717) is 17.8 Å². The average molecular weight is 293 g/mol. The maximum absolute atomic E-state index is 12.8. The van der Waals surface area contributed by atoms with E-state index in [1.54, 1.807) is 12.1 Å². The Balaban J connectivity index is 1.95. The van der Waals surface area contributed by atoms with Crippen LogP contribution in [0.5, 0.6) is 0 Å². The molecule has 4 nitrogen and oxygen atoms in total. The highest BCUT2D eigenvalue weighted by atomic mass is 32.2. The highest BCUT2D eigenvalue weighted by Crippen LogP contribution is 2.35. The van der Waals surface area contributed by atoms with Crippen LogP contribution in [-0.2, 0) is 16.4 Å². The van der Waals surface area contributed by atoms with Crippen molar-refractivity contribution >= 4 is 22.0 Å². The topological polar surface area (TPSA) is 54.5 Å². The molecule has 0 atom stereocenters. The van der Waals surface area contributed by atoms with Crippen molar-refractivity contribution in [3.05, 3.63) is 29.3 Å². The Bertz CT molecular complexity index is 618. The van der Waals surface area contributed by atoms with Gasteiger partial charge in [0, 0.05) is 12.1 Å². The number of benzene rings is 1. The predicted octanol–water partition coefficient (Wildman–Crippen LogP) is 2.52. The summed E-state index contributed by atoms with van der Waals surface area (Å²) in [5.74, 6) is 0. The lowest BCUT2D eigenvalue weighted by atomic mass is 10.0. The summed E-state index contributed by atoms with van der Waals surface area (Å²) in [6.07, 6.45) is 6.17. The van der Waals surface area contributed by atoms with Gasteiger partial charge in [-0.3, -0.25) is 9.10 Å². The summed E-state index contributed by atoms with van der Waals surface area (Å²) in [4.78, 5) is 10.9. The number of rotatable bonds is 3. The fourth-order valence-corrected chi connectivity index (χ4v) is 5.33. The third-order valence-corrected chi connectivity index (χ3v) is 6.69. The van der Waals surface area contributed by atoms with Crippen LogP contribution >= 0.6 is 0 Å². The molecule has 108 valence electrons. The summed E-state index contributed by atoms with van der Waals surface area (Å²) < 4.78 is 27.1. The molecular weight excluding hydrogens is 274 g/mol. The zero-order valence-electron chi connectivity index (χ0n) is 11.4. The lowest BCUT2D eigenvalue weighted by Crippen LogP contribution is -2.38. The zero-order valence-corrected chi connectivity index (χ0v) is 12.2.